The molecule has 0 aliphatic heterocycles. The second kappa shape index (κ2) is 8.30. The summed E-state index contributed by atoms with van der Waals surface area (Å²) in [6.45, 7) is 4.01. The standard InChI is InChI=1S/C15H19Cl2NO2/c1-10(2)5-14(9-19)18-15(20)4-3-11-6-12(16)8-13(17)7-11/h3-4,6-8,10,14,19H,5,9H2,1-2H3,(H,18,20). The van der Waals surface area contributed by atoms with E-state index in [0.717, 1.165) is 12.0 Å². The van der Waals surface area contributed by atoms with E-state index in [-0.39, 0.29) is 18.6 Å². The van der Waals surface area contributed by atoms with Crippen molar-refractivity contribution in [3.63, 3.8) is 0 Å². The highest BCUT2D eigenvalue weighted by Gasteiger charge is 2.11. The molecule has 0 saturated carbocycles. The van der Waals surface area contributed by atoms with E-state index in [4.69, 9.17) is 23.2 Å². The van der Waals surface area contributed by atoms with Gasteiger partial charge < -0.3 is 10.4 Å². The maximum absolute atomic E-state index is 11.8. The minimum atomic E-state index is -0.249. The molecule has 0 saturated heterocycles. The first-order valence-corrected chi connectivity index (χ1v) is 7.22. The third-order valence-electron chi connectivity index (χ3n) is 2.63. The fourth-order valence-electron chi connectivity index (χ4n) is 1.84. The maximum atomic E-state index is 11.8. The van der Waals surface area contributed by atoms with E-state index in [1.165, 1.54) is 6.08 Å². The number of rotatable bonds is 6. The third kappa shape index (κ3) is 6.42. The number of aliphatic hydroxyl groups is 1. The zero-order valence-electron chi connectivity index (χ0n) is 11.6. The van der Waals surface area contributed by atoms with Crippen molar-refractivity contribution in [1.82, 2.24) is 5.32 Å². The molecule has 0 bridgehead atoms. The van der Waals surface area contributed by atoms with Gasteiger partial charge in [0.2, 0.25) is 5.91 Å². The number of halogens is 2. The van der Waals surface area contributed by atoms with Crippen LogP contribution in [0.3, 0.4) is 0 Å². The number of hydrogen-bond acceptors (Lipinski definition) is 2. The predicted octanol–water partition coefficient (Wildman–Crippen LogP) is 3.53. The highest BCUT2D eigenvalue weighted by molar-refractivity contribution is 6.34. The van der Waals surface area contributed by atoms with Crippen LogP contribution in [0.1, 0.15) is 25.8 Å². The number of carbonyl (C=O) groups excluding carboxylic acids is 1. The Kier molecular flexibility index (Phi) is 7.06. The fourth-order valence-corrected chi connectivity index (χ4v) is 2.38. The van der Waals surface area contributed by atoms with Crippen LogP contribution < -0.4 is 5.32 Å². The summed E-state index contributed by atoms with van der Waals surface area (Å²) in [4.78, 5) is 11.8. The Morgan fingerprint density at radius 3 is 2.40 bits per heavy atom. The lowest BCUT2D eigenvalue weighted by Crippen LogP contribution is -2.37. The van der Waals surface area contributed by atoms with Gasteiger partial charge in [0.25, 0.3) is 0 Å². The number of nitrogens with one attached hydrogen (secondary N) is 1. The van der Waals surface area contributed by atoms with Crippen molar-refractivity contribution >= 4 is 35.2 Å². The number of aliphatic hydroxyl groups excluding tert-OH is 1. The summed E-state index contributed by atoms with van der Waals surface area (Å²) in [7, 11) is 0. The van der Waals surface area contributed by atoms with Gasteiger partial charge in [-0.05, 0) is 42.2 Å². The average Bonchev–Trinajstić information content (AvgIpc) is 2.34. The summed E-state index contributed by atoms with van der Waals surface area (Å²) < 4.78 is 0. The molecule has 1 rings (SSSR count). The highest BCUT2D eigenvalue weighted by atomic mass is 35.5. The lowest BCUT2D eigenvalue weighted by molar-refractivity contribution is -0.117. The van der Waals surface area contributed by atoms with E-state index in [2.05, 4.69) is 5.32 Å². The van der Waals surface area contributed by atoms with Crippen LogP contribution in [0.25, 0.3) is 6.08 Å². The van der Waals surface area contributed by atoms with Crippen molar-refractivity contribution in [1.29, 1.82) is 0 Å². The molecule has 1 atom stereocenters. The van der Waals surface area contributed by atoms with Crippen molar-refractivity contribution < 1.29 is 9.90 Å². The van der Waals surface area contributed by atoms with Crippen LogP contribution in [0.2, 0.25) is 10.0 Å². The van der Waals surface area contributed by atoms with Crippen molar-refractivity contribution in [3.8, 4) is 0 Å². The topological polar surface area (TPSA) is 49.3 Å². The van der Waals surface area contributed by atoms with Gasteiger partial charge in [-0.25, -0.2) is 0 Å². The number of hydrogen-bond donors (Lipinski definition) is 2. The lowest BCUT2D eigenvalue weighted by atomic mass is 10.0. The number of carbonyl (C=O) groups is 1. The average molecular weight is 316 g/mol. The summed E-state index contributed by atoms with van der Waals surface area (Å²) in [5.74, 6) is 0.156. The summed E-state index contributed by atoms with van der Waals surface area (Å²) in [6, 6.07) is 4.84. The van der Waals surface area contributed by atoms with Gasteiger partial charge in [-0.15, -0.1) is 0 Å². The molecule has 1 amide bonds. The van der Waals surface area contributed by atoms with Crippen LogP contribution in [0, 0.1) is 5.92 Å². The van der Waals surface area contributed by atoms with E-state index < -0.39 is 0 Å². The second-order valence-corrected chi connectivity index (χ2v) is 5.93. The first-order valence-electron chi connectivity index (χ1n) is 6.46. The monoisotopic (exact) mass is 315 g/mol. The molecule has 0 radical (unpaired) electrons. The molecule has 2 N–H and O–H groups in total. The van der Waals surface area contributed by atoms with Gasteiger partial charge in [-0.3, -0.25) is 4.79 Å². The first kappa shape index (κ1) is 17.0. The van der Waals surface area contributed by atoms with Crippen LogP contribution >= 0.6 is 23.2 Å². The Morgan fingerprint density at radius 1 is 1.30 bits per heavy atom. The van der Waals surface area contributed by atoms with E-state index in [0.29, 0.717) is 16.0 Å². The van der Waals surface area contributed by atoms with Crippen molar-refractivity contribution in [2.45, 2.75) is 26.3 Å². The normalized spacial score (nSPS) is 12.9. The molecule has 20 heavy (non-hydrogen) atoms. The molecule has 0 aliphatic carbocycles. The van der Waals surface area contributed by atoms with Crippen LogP contribution in [0.15, 0.2) is 24.3 Å². The van der Waals surface area contributed by atoms with Crippen LogP contribution in [0.4, 0.5) is 0 Å². The third-order valence-corrected chi connectivity index (χ3v) is 3.07. The Bertz CT molecular complexity index is 467. The van der Waals surface area contributed by atoms with Gasteiger partial charge in [-0.1, -0.05) is 37.0 Å². The van der Waals surface area contributed by atoms with Gasteiger partial charge in [0.15, 0.2) is 0 Å². The zero-order chi connectivity index (χ0) is 15.1. The molecule has 110 valence electrons. The largest absolute Gasteiger partial charge is 0.394 e. The number of benzene rings is 1. The van der Waals surface area contributed by atoms with Gasteiger partial charge in [0.1, 0.15) is 0 Å². The molecule has 0 spiro atoms. The maximum Gasteiger partial charge on any atom is 0.244 e. The molecule has 0 aromatic heterocycles. The van der Waals surface area contributed by atoms with Crippen molar-refractivity contribution in [3.05, 3.63) is 39.9 Å². The Balaban J connectivity index is 2.62. The first-order chi connectivity index (χ1) is 9.40. The summed E-state index contributed by atoms with van der Waals surface area (Å²) in [6.07, 6.45) is 3.78. The summed E-state index contributed by atoms with van der Waals surface area (Å²) in [5, 5.41) is 13.0. The van der Waals surface area contributed by atoms with Crippen molar-refractivity contribution in [2.24, 2.45) is 5.92 Å². The van der Waals surface area contributed by atoms with E-state index in [9.17, 15) is 9.90 Å². The molecule has 3 nitrogen and oxygen atoms in total. The van der Waals surface area contributed by atoms with Crippen LogP contribution in [-0.4, -0.2) is 23.7 Å². The van der Waals surface area contributed by atoms with Gasteiger partial charge in [-0.2, -0.15) is 0 Å². The Morgan fingerprint density at radius 2 is 1.90 bits per heavy atom. The molecular weight excluding hydrogens is 297 g/mol. The van der Waals surface area contributed by atoms with E-state index in [1.807, 2.05) is 13.8 Å². The highest BCUT2D eigenvalue weighted by Crippen LogP contribution is 2.19. The molecule has 1 unspecified atom stereocenters. The number of amides is 1. The van der Waals surface area contributed by atoms with Gasteiger partial charge in [0, 0.05) is 16.1 Å². The SMILES string of the molecule is CC(C)CC(CO)NC(=O)C=Cc1cc(Cl)cc(Cl)c1. The minimum absolute atomic E-state index is 0.0687. The van der Waals surface area contributed by atoms with Gasteiger partial charge in [0.05, 0.1) is 12.6 Å². The molecule has 0 fully saturated rings. The quantitative estimate of drug-likeness (QED) is 0.789. The second-order valence-electron chi connectivity index (χ2n) is 5.05. The molecule has 0 aliphatic rings. The summed E-state index contributed by atoms with van der Waals surface area (Å²) in [5.41, 5.74) is 0.752. The van der Waals surface area contributed by atoms with E-state index >= 15 is 0 Å². The Labute approximate surface area is 129 Å². The molecule has 5 heteroatoms. The van der Waals surface area contributed by atoms with E-state index in [1.54, 1.807) is 24.3 Å². The van der Waals surface area contributed by atoms with Gasteiger partial charge >= 0.3 is 0 Å². The minimum Gasteiger partial charge on any atom is -0.394 e. The molecule has 0 heterocycles. The van der Waals surface area contributed by atoms with Crippen molar-refractivity contribution in [2.75, 3.05) is 6.61 Å². The smallest absolute Gasteiger partial charge is 0.244 e. The molecule has 1 aromatic rings. The molecular formula is C15H19Cl2NO2. The lowest BCUT2D eigenvalue weighted by Gasteiger charge is -2.17. The van der Waals surface area contributed by atoms with Crippen LogP contribution in [0.5, 0.6) is 0 Å². The fraction of sp³-hybridized carbons (Fsp3) is 0.400. The predicted molar refractivity (Wildman–Crippen MR) is 84.0 cm³/mol. The zero-order valence-corrected chi connectivity index (χ0v) is 13.1. The molecule has 1 aromatic carbocycles. The van der Waals surface area contributed by atoms with Crippen LogP contribution in [-0.2, 0) is 4.79 Å². The Hall–Kier alpha value is -1.03. The summed E-state index contributed by atoms with van der Waals surface area (Å²) >= 11 is 11.8.